The van der Waals surface area contributed by atoms with Gasteiger partial charge in [0.05, 0.1) is 5.75 Å². The summed E-state index contributed by atoms with van der Waals surface area (Å²) in [6.07, 6.45) is 0. The van der Waals surface area contributed by atoms with Gasteiger partial charge < -0.3 is 10.3 Å². The van der Waals surface area contributed by atoms with Crippen molar-refractivity contribution in [2.24, 2.45) is 0 Å². The highest BCUT2D eigenvalue weighted by Gasteiger charge is 2.15. The maximum Gasteiger partial charge on any atom is 0.247 e. The highest BCUT2D eigenvalue weighted by Crippen LogP contribution is 2.26. The Balaban J connectivity index is 1.48. The molecule has 2 aromatic carbocycles. The third kappa shape index (κ3) is 3.42. The molecule has 0 saturated heterocycles. The number of nitrogens with two attached hydrogens (primary N) is 1. The molecular formula is C17H13ClN6OS. The molecule has 2 N–H and O–H groups in total. The normalized spacial score (nSPS) is 11.0. The highest BCUT2D eigenvalue weighted by molar-refractivity contribution is 7.98. The Morgan fingerprint density at radius 3 is 2.58 bits per heavy atom. The van der Waals surface area contributed by atoms with Crippen LogP contribution in [0.25, 0.3) is 22.8 Å². The molecule has 0 atom stereocenters. The molecule has 0 saturated carbocycles. The van der Waals surface area contributed by atoms with Crippen molar-refractivity contribution in [2.45, 2.75) is 10.9 Å². The van der Waals surface area contributed by atoms with Gasteiger partial charge >= 0.3 is 0 Å². The van der Waals surface area contributed by atoms with Gasteiger partial charge in [-0.1, -0.05) is 53.7 Å². The van der Waals surface area contributed by atoms with Crippen LogP contribution in [0.2, 0.25) is 5.02 Å². The Labute approximate surface area is 158 Å². The standard InChI is InChI=1S/C17H13ClN6OS/c18-13-8-4-7-12(9-13)15-21-23-17(24(15)19)26-10-14-20-22-16(25-14)11-5-2-1-3-6-11/h1-9H,10,19H2. The smallest absolute Gasteiger partial charge is 0.247 e. The second kappa shape index (κ2) is 7.19. The third-order valence-corrected chi connectivity index (χ3v) is 4.72. The molecule has 2 heterocycles. The molecule has 0 radical (unpaired) electrons. The van der Waals surface area contributed by atoms with E-state index in [1.54, 1.807) is 12.1 Å². The first-order chi connectivity index (χ1) is 12.7. The van der Waals surface area contributed by atoms with Crippen LogP contribution < -0.4 is 5.84 Å². The van der Waals surface area contributed by atoms with E-state index in [-0.39, 0.29) is 0 Å². The third-order valence-electron chi connectivity index (χ3n) is 3.56. The van der Waals surface area contributed by atoms with Crippen LogP contribution in [0.3, 0.4) is 0 Å². The maximum absolute atomic E-state index is 6.11. The van der Waals surface area contributed by atoms with E-state index in [0.717, 1.165) is 11.1 Å². The molecule has 0 spiro atoms. The fourth-order valence-corrected chi connectivity index (χ4v) is 3.22. The molecule has 4 aromatic rings. The molecule has 0 unspecified atom stereocenters. The van der Waals surface area contributed by atoms with Gasteiger partial charge in [-0.15, -0.1) is 20.4 Å². The van der Waals surface area contributed by atoms with Crippen LogP contribution in [0.5, 0.6) is 0 Å². The summed E-state index contributed by atoms with van der Waals surface area (Å²) in [5.41, 5.74) is 1.67. The van der Waals surface area contributed by atoms with E-state index < -0.39 is 0 Å². The lowest BCUT2D eigenvalue weighted by molar-refractivity contribution is 0.528. The van der Waals surface area contributed by atoms with Crippen LogP contribution in [0, 0.1) is 0 Å². The lowest BCUT2D eigenvalue weighted by Gasteiger charge is -2.03. The van der Waals surface area contributed by atoms with Crippen molar-refractivity contribution in [3.63, 3.8) is 0 Å². The van der Waals surface area contributed by atoms with E-state index >= 15 is 0 Å². The number of hydrogen-bond donors (Lipinski definition) is 1. The molecule has 9 heteroatoms. The first-order valence-corrected chi connectivity index (χ1v) is 9.04. The van der Waals surface area contributed by atoms with Gasteiger partial charge in [0.15, 0.2) is 5.82 Å². The molecule has 0 aliphatic heterocycles. The summed E-state index contributed by atoms with van der Waals surface area (Å²) >= 11 is 7.38. The average Bonchev–Trinajstić information content (AvgIpc) is 3.28. The minimum absolute atomic E-state index is 0.435. The fraction of sp³-hybridized carbons (Fsp3) is 0.0588. The average molecular weight is 385 g/mol. The Hall–Kier alpha value is -2.84. The molecule has 4 rings (SSSR count). The Bertz CT molecular complexity index is 1030. The van der Waals surface area contributed by atoms with Crippen molar-refractivity contribution >= 4 is 23.4 Å². The SMILES string of the molecule is Nn1c(SCc2nnc(-c3ccccc3)o2)nnc1-c1cccc(Cl)c1. The molecule has 0 fully saturated rings. The summed E-state index contributed by atoms with van der Waals surface area (Å²) in [5, 5.41) is 17.5. The van der Waals surface area contributed by atoms with E-state index in [4.69, 9.17) is 21.9 Å². The van der Waals surface area contributed by atoms with Gasteiger partial charge in [-0.3, -0.25) is 0 Å². The van der Waals surface area contributed by atoms with Crippen molar-refractivity contribution in [3.8, 4) is 22.8 Å². The lowest BCUT2D eigenvalue weighted by Crippen LogP contribution is -2.11. The molecule has 0 aliphatic carbocycles. The number of rotatable bonds is 5. The fourth-order valence-electron chi connectivity index (χ4n) is 2.34. The zero-order valence-electron chi connectivity index (χ0n) is 13.4. The van der Waals surface area contributed by atoms with Crippen LogP contribution in [0.4, 0.5) is 0 Å². The van der Waals surface area contributed by atoms with Crippen molar-refractivity contribution < 1.29 is 4.42 Å². The Morgan fingerprint density at radius 2 is 1.77 bits per heavy atom. The van der Waals surface area contributed by atoms with E-state index in [2.05, 4.69) is 20.4 Å². The molecule has 2 aromatic heterocycles. The van der Waals surface area contributed by atoms with Crippen molar-refractivity contribution in [3.05, 3.63) is 65.5 Å². The Morgan fingerprint density at radius 1 is 0.962 bits per heavy atom. The van der Waals surface area contributed by atoms with Gasteiger partial charge in [0.2, 0.25) is 16.9 Å². The molecule has 0 aliphatic rings. The van der Waals surface area contributed by atoms with Crippen molar-refractivity contribution in [1.82, 2.24) is 25.1 Å². The molecule has 0 amide bonds. The monoisotopic (exact) mass is 384 g/mol. The zero-order chi connectivity index (χ0) is 17.9. The molecule has 7 nitrogen and oxygen atoms in total. The number of nitrogens with zero attached hydrogens (tertiary/aromatic N) is 5. The van der Waals surface area contributed by atoms with E-state index in [1.807, 2.05) is 42.5 Å². The van der Waals surface area contributed by atoms with E-state index in [9.17, 15) is 0 Å². The number of hydrogen-bond acceptors (Lipinski definition) is 7. The minimum atomic E-state index is 0.435. The van der Waals surface area contributed by atoms with Gasteiger partial charge in [0.1, 0.15) is 0 Å². The van der Waals surface area contributed by atoms with Gasteiger partial charge in [-0.05, 0) is 24.3 Å². The van der Waals surface area contributed by atoms with E-state index in [0.29, 0.717) is 33.5 Å². The van der Waals surface area contributed by atoms with Gasteiger partial charge in [-0.25, -0.2) is 4.68 Å². The number of nitrogen functional groups attached to an aromatic ring is 1. The number of aromatic nitrogens is 5. The van der Waals surface area contributed by atoms with Crippen LogP contribution in [0.1, 0.15) is 5.89 Å². The van der Waals surface area contributed by atoms with Crippen molar-refractivity contribution in [1.29, 1.82) is 0 Å². The van der Waals surface area contributed by atoms with Crippen LogP contribution in [-0.4, -0.2) is 25.1 Å². The summed E-state index contributed by atoms with van der Waals surface area (Å²) in [7, 11) is 0. The van der Waals surface area contributed by atoms with Crippen LogP contribution >= 0.6 is 23.4 Å². The summed E-state index contributed by atoms with van der Waals surface area (Å²) < 4.78 is 7.10. The quantitative estimate of drug-likeness (QED) is 0.414. The summed E-state index contributed by atoms with van der Waals surface area (Å²) in [4.78, 5) is 0. The number of benzene rings is 2. The highest BCUT2D eigenvalue weighted by atomic mass is 35.5. The number of halogens is 1. The number of thioether (sulfide) groups is 1. The summed E-state index contributed by atoms with van der Waals surface area (Å²) in [6.45, 7) is 0. The van der Waals surface area contributed by atoms with Gasteiger partial charge in [0.25, 0.3) is 0 Å². The second-order valence-electron chi connectivity index (χ2n) is 5.34. The minimum Gasteiger partial charge on any atom is -0.420 e. The molecular weight excluding hydrogens is 372 g/mol. The second-order valence-corrected chi connectivity index (χ2v) is 6.72. The molecule has 0 bridgehead atoms. The lowest BCUT2D eigenvalue weighted by atomic mass is 10.2. The zero-order valence-corrected chi connectivity index (χ0v) is 15.0. The summed E-state index contributed by atoms with van der Waals surface area (Å²) in [5.74, 6) is 8.04. The predicted molar refractivity (Wildman–Crippen MR) is 99.9 cm³/mol. The molecule has 130 valence electrons. The predicted octanol–water partition coefficient (Wildman–Crippen LogP) is 3.65. The van der Waals surface area contributed by atoms with E-state index in [1.165, 1.54) is 16.4 Å². The van der Waals surface area contributed by atoms with Crippen LogP contribution in [0.15, 0.2) is 64.2 Å². The Kier molecular flexibility index (Phi) is 4.59. The van der Waals surface area contributed by atoms with Crippen molar-refractivity contribution in [2.75, 3.05) is 5.84 Å². The van der Waals surface area contributed by atoms with Crippen LogP contribution in [-0.2, 0) is 5.75 Å². The first kappa shape index (κ1) is 16.6. The van der Waals surface area contributed by atoms with Gasteiger partial charge in [0, 0.05) is 16.1 Å². The maximum atomic E-state index is 6.11. The first-order valence-electron chi connectivity index (χ1n) is 7.68. The summed E-state index contributed by atoms with van der Waals surface area (Å²) in [6, 6.07) is 16.9. The van der Waals surface area contributed by atoms with Gasteiger partial charge in [-0.2, -0.15) is 0 Å². The molecule has 26 heavy (non-hydrogen) atoms. The topological polar surface area (TPSA) is 95.7 Å². The largest absolute Gasteiger partial charge is 0.420 e.